The number of thiazole rings is 1. The molecular formula is C32H35N3O4S. The van der Waals surface area contributed by atoms with Gasteiger partial charge in [-0.2, -0.15) is 0 Å². The van der Waals surface area contributed by atoms with Crippen molar-refractivity contribution in [2.45, 2.75) is 65.8 Å². The maximum Gasteiger partial charge on any atom is 0.338 e. The van der Waals surface area contributed by atoms with Crippen LogP contribution in [0, 0.1) is 0 Å². The van der Waals surface area contributed by atoms with Crippen molar-refractivity contribution in [1.82, 2.24) is 4.57 Å². The molecule has 0 radical (unpaired) electrons. The molecule has 0 saturated carbocycles. The molecule has 2 aromatic carbocycles. The standard InChI is InChI=1S/C32H35N3O4S/c1-7-9-18-34-23-13-11-10-12-22(23)25(28(34)36)27-29(37)35-26(20-14-16-21(17-15-20)32(4,5)6)24(30(38)39-8-2)19(3)33-31(35)40-27/h10-17,26H,7-9,18H2,1-6H3. The Bertz CT molecular complexity index is 1700. The van der Waals surface area contributed by atoms with E-state index in [-0.39, 0.29) is 23.5 Å². The molecule has 0 spiro atoms. The quantitative estimate of drug-likeness (QED) is 0.415. The Morgan fingerprint density at radius 1 is 1.05 bits per heavy atom. The minimum Gasteiger partial charge on any atom is -0.463 e. The van der Waals surface area contributed by atoms with Gasteiger partial charge in [-0.15, -0.1) is 0 Å². The van der Waals surface area contributed by atoms with Gasteiger partial charge in [0.15, 0.2) is 4.80 Å². The van der Waals surface area contributed by atoms with Gasteiger partial charge in [0.1, 0.15) is 4.53 Å². The van der Waals surface area contributed by atoms with Crippen LogP contribution in [0.15, 0.2) is 69.6 Å². The SMILES string of the molecule is CCCCN1C(=O)C(=c2sc3n(c2=O)C(c2ccc(C(C)(C)C)cc2)C(C(=O)OCC)=C(C)N=3)c2ccccc21. The Labute approximate surface area is 238 Å². The molecule has 3 heterocycles. The lowest BCUT2D eigenvalue weighted by Gasteiger charge is -2.26. The Morgan fingerprint density at radius 3 is 2.40 bits per heavy atom. The predicted octanol–water partition coefficient (Wildman–Crippen LogP) is 4.61. The average Bonchev–Trinajstić information content (AvgIpc) is 3.38. The third kappa shape index (κ3) is 4.64. The van der Waals surface area contributed by atoms with Gasteiger partial charge in [0.2, 0.25) is 0 Å². The zero-order valence-corrected chi connectivity index (χ0v) is 24.7. The maximum absolute atomic E-state index is 14.3. The minimum atomic E-state index is -0.721. The number of allylic oxidation sites excluding steroid dienone is 1. The van der Waals surface area contributed by atoms with Crippen molar-refractivity contribution in [2.75, 3.05) is 18.1 Å². The van der Waals surface area contributed by atoms with Crippen molar-refractivity contribution in [3.8, 4) is 0 Å². The minimum absolute atomic E-state index is 0.0514. The summed E-state index contributed by atoms with van der Waals surface area (Å²) in [5.74, 6) is -0.674. The number of ether oxygens (including phenoxy) is 1. The first-order chi connectivity index (χ1) is 19.1. The lowest BCUT2D eigenvalue weighted by Crippen LogP contribution is -2.41. The van der Waals surface area contributed by atoms with Crippen molar-refractivity contribution in [3.05, 3.63) is 96.2 Å². The highest BCUT2D eigenvalue weighted by atomic mass is 32.1. The summed E-state index contributed by atoms with van der Waals surface area (Å²) in [6, 6.07) is 14.9. The average molecular weight is 558 g/mol. The highest BCUT2D eigenvalue weighted by Crippen LogP contribution is 2.36. The molecule has 1 amide bonds. The van der Waals surface area contributed by atoms with Crippen molar-refractivity contribution in [1.29, 1.82) is 0 Å². The van der Waals surface area contributed by atoms with E-state index in [0.717, 1.165) is 35.2 Å². The van der Waals surface area contributed by atoms with Crippen molar-refractivity contribution < 1.29 is 14.3 Å². The van der Waals surface area contributed by atoms with Crippen molar-refractivity contribution in [3.63, 3.8) is 0 Å². The molecule has 8 heteroatoms. The number of unbranched alkanes of at least 4 members (excludes halogenated alkanes) is 1. The second kappa shape index (κ2) is 10.7. The normalized spacial score (nSPS) is 18.0. The lowest BCUT2D eigenvalue weighted by molar-refractivity contribution is -0.139. The molecule has 2 aliphatic rings. The molecule has 3 aromatic rings. The number of carbonyl (C=O) groups excluding carboxylic acids is 2. The van der Waals surface area contributed by atoms with Gasteiger partial charge in [0.05, 0.1) is 35.2 Å². The largest absolute Gasteiger partial charge is 0.463 e. The van der Waals surface area contributed by atoms with Crippen LogP contribution in [-0.2, 0) is 19.7 Å². The van der Waals surface area contributed by atoms with Gasteiger partial charge in [-0.25, -0.2) is 9.79 Å². The van der Waals surface area contributed by atoms with Crippen molar-refractivity contribution in [2.24, 2.45) is 4.99 Å². The zero-order valence-electron chi connectivity index (χ0n) is 23.9. The fourth-order valence-electron chi connectivity index (χ4n) is 5.36. The maximum atomic E-state index is 14.3. The predicted molar refractivity (Wildman–Crippen MR) is 158 cm³/mol. The fourth-order valence-corrected chi connectivity index (χ4v) is 6.50. The molecule has 208 valence electrons. The molecule has 1 atom stereocenters. The number of aromatic nitrogens is 1. The molecule has 1 aromatic heterocycles. The van der Waals surface area contributed by atoms with Crippen LogP contribution in [-0.4, -0.2) is 29.6 Å². The van der Waals surface area contributed by atoms with Gasteiger partial charge in [-0.3, -0.25) is 14.2 Å². The van der Waals surface area contributed by atoms with Crippen LogP contribution in [0.4, 0.5) is 5.69 Å². The van der Waals surface area contributed by atoms with E-state index in [1.165, 1.54) is 11.3 Å². The lowest BCUT2D eigenvalue weighted by atomic mass is 9.85. The smallest absolute Gasteiger partial charge is 0.338 e. The summed E-state index contributed by atoms with van der Waals surface area (Å²) in [7, 11) is 0. The summed E-state index contributed by atoms with van der Waals surface area (Å²) < 4.78 is 7.32. The van der Waals surface area contributed by atoms with Crippen LogP contribution < -0.4 is 19.8 Å². The van der Waals surface area contributed by atoms with E-state index in [9.17, 15) is 14.4 Å². The van der Waals surface area contributed by atoms with Gasteiger partial charge in [0, 0.05) is 12.1 Å². The zero-order chi connectivity index (χ0) is 28.8. The second-order valence-electron chi connectivity index (χ2n) is 11.2. The summed E-state index contributed by atoms with van der Waals surface area (Å²) >= 11 is 1.20. The molecule has 0 aliphatic carbocycles. The Morgan fingerprint density at radius 2 is 1.75 bits per heavy atom. The first kappa shape index (κ1) is 27.8. The number of esters is 1. The molecule has 0 bridgehead atoms. The fraction of sp³-hybridized carbons (Fsp3) is 0.375. The Kier molecular flexibility index (Phi) is 7.40. The van der Waals surface area contributed by atoms with Gasteiger partial charge >= 0.3 is 5.97 Å². The number of rotatable bonds is 6. The molecular weight excluding hydrogens is 522 g/mol. The number of anilines is 1. The van der Waals surface area contributed by atoms with Crippen LogP contribution in [0.5, 0.6) is 0 Å². The van der Waals surface area contributed by atoms with Crippen LogP contribution in [0.3, 0.4) is 0 Å². The third-order valence-corrected chi connectivity index (χ3v) is 8.52. The van der Waals surface area contributed by atoms with Crippen LogP contribution >= 0.6 is 11.3 Å². The van der Waals surface area contributed by atoms with Crippen LogP contribution in [0.2, 0.25) is 0 Å². The molecule has 0 saturated heterocycles. The summed E-state index contributed by atoms with van der Waals surface area (Å²) in [5, 5.41) is 0. The molecule has 40 heavy (non-hydrogen) atoms. The summed E-state index contributed by atoms with van der Waals surface area (Å²) in [4.78, 5) is 48.2. The van der Waals surface area contributed by atoms with Gasteiger partial charge in [0.25, 0.3) is 11.5 Å². The van der Waals surface area contributed by atoms with E-state index < -0.39 is 12.0 Å². The molecule has 7 nitrogen and oxygen atoms in total. The number of amides is 1. The first-order valence-electron chi connectivity index (χ1n) is 13.8. The third-order valence-electron chi connectivity index (χ3n) is 7.47. The van der Waals surface area contributed by atoms with E-state index in [1.807, 2.05) is 48.5 Å². The van der Waals surface area contributed by atoms with E-state index in [1.54, 1.807) is 23.3 Å². The summed E-state index contributed by atoms with van der Waals surface area (Å²) in [5.41, 5.74) is 4.34. The summed E-state index contributed by atoms with van der Waals surface area (Å²) in [6.45, 7) is 12.8. The topological polar surface area (TPSA) is 81.0 Å². The first-order valence-corrected chi connectivity index (χ1v) is 14.6. The molecule has 1 unspecified atom stereocenters. The van der Waals surface area contributed by atoms with Crippen molar-refractivity contribution >= 4 is 34.5 Å². The highest BCUT2D eigenvalue weighted by Gasteiger charge is 2.37. The van der Waals surface area contributed by atoms with Gasteiger partial charge in [-0.1, -0.05) is 87.9 Å². The number of fused-ring (bicyclic) bond motifs is 2. The number of nitrogens with zero attached hydrogens (tertiary/aromatic N) is 3. The monoisotopic (exact) mass is 557 g/mol. The Balaban J connectivity index is 1.76. The molecule has 5 rings (SSSR count). The molecule has 2 aliphatic heterocycles. The van der Waals surface area contributed by atoms with Crippen LogP contribution in [0.25, 0.3) is 5.57 Å². The van der Waals surface area contributed by atoms with E-state index >= 15 is 0 Å². The number of carbonyl (C=O) groups is 2. The van der Waals surface area contributed by atoms with E-state index in [0.29, 0.717) is 32.7 Å². The second-order valence-corrected chi connectivity index (χ2v) is 12.2. The molecule has 0 N–H and O–H groups in total. The van der Waals surface area contributed by atoms with Crippen LogP contribution in [0.1, 0.15) is 77.1 Å². The number of benzene rings is 2. The number of hydrogen-bond acceptors (Lipinski definition) is 6. The molecule has 0 fully saturated rings. The number of hydrogen-bond donors (Lipinski definition) is 0. The van der Waals surface area contributed by atoms with Gasteiger partial charge in [-0.05, 0) is 42.9 Å². The van der Waals surface area contributed by atoms with E-state index in [2.05, 4.69) is 32.7 Å². The van der Waals surface area contributed by atoms with E-state index in [4.69, 9.17) is 4.74 Å². The Hall–Kier alpha value is -3.78. The van der Waals surface area contributed by atoms with Gasteiger partial charge < -0.3 is 9.64 Å². The highest BCUT2D eigenvalue weighted by molar-refractivity contribution is 7.07. The summed E-state index contributed by atoms with van der Waals surface area (Å²) in [6.07, 6.45) is 1.81. The number of para-hydroxylation sites is 1.